The van der Waals surface area contributed by atoms with Crippen LogP contribution in [0.1, 0.15) is 29.7 Å². The average molecular weight is 311 g/mol. The maximum atomic E-state index is 11.3. The van der Waals surface area contributed by atoms with Gasteiger partial charge < -0.3 is 14.8 Å². The van der Waals surface area contributed by atoms with Gasteiger partial charge in [0.15, 0.2) is 6.61 Å². The third kappa shape index (κ3) is 3.71. The molecule has 4 heteroatoms. The van der Waals surface area contributed by atoms with E-state index in [1.54, 1.807) is 6.92 Å². The molecular weight excluding hydrogens is 290 g/mol. The van der Waals surface area contributed by atoms with Crippen LogP contribution in [-0.4, -0.2) is 25.7 Å². The van der Waals surface area contributed by atoms with Gasteiger partial charge in [0.05, 0.1) is 12.6 Å². The summed E-state index contributed by atoms with van der Waals surface area (Å²) in [6, 6.07) is 16.6. The molecule has 120 valence electrons. The number of carbonyl (C=O) groups is 1. The zero-order valence-corrected chi connectivity index (χ0v) is 13.2. The quantitative estimate of drug-likeness (QED) is 0.863. The Hall–Kier alpha value is -2.33. The highest BCUT2D eigenvalue weighted by atomic mass is 16.6. The molecule has 1 atom stereocenters. The lowest BCUT2D eigenvalue weighted by atomic mass is 9.90. The fraction of sp³-hybridized carbons (Fsp3) is 0.316. The second-order valence-corrected chi connectivity index (χ2v) is 5.50. The van der Waals surface area contributed by atoms with Gasteiger partial charge in [0, 0.05) is 6.54 Å². The number of carbonyl (C=O) groups excluding carboxylic acids is 1. The van der Waals surface area contributed by atoms with Crippen LogP contribution in [0.15, 0.2) is 48.5 Å². The fourth-order valence-electron chi connectivity index (χ4n) is 2.90. The topological polar surface area (TPSA) is 47.6 Å². The van der Waals surface area contributed by atoms with Crippen LogP contribution in [0.3, 0.4) is 0 Å². The van der Waals surface area contributed by atoms with Crippen molar-refractivity contribution in [2.75, 3.05) is 19.8 Å². The Kier molecular flexibility index (Phi) is 4.93. The highest BCUT2D eigenvalue weighted by molar-refractivity contribution is 5.71. The molecule has 1 N–H and O–H groups in total. The summed E-state index contributed by atoms with van der Waals surface area (Å²) in [4.78, 5) is 11.3. The Morgan fingerprint density at radius 1 is 1.17 bits per heavy atom. The third-order valence-electron chi connectivity index (χ3n) is 3.98. The maximum Gasteiger partial charge on any atom is 0.344 e. The Balaban J connectivity index is 1.70. The van der Waals surface area contributed by atoms with Gasteiger partial charge in [-0.1, -0.05) is 36.4 Å². The number of rotatable bonds is 5. The Bertz CT molecular complexity index is 667. The second kappa shape index (κ2) is 7.29. The smallest absolute Gasteiger partial charge is 0.344 e. The van der Waals surface area contributed by atoms with Gasteiger partial charge in [-0.15, -0.1) is 0 Å². The van der Waals surface area contributed by atoms with Crippen LogP contribution in [0.5, 0.6) is 5.75 Å². The molecule has 1 unspecified atom stereocenters. The van der Waals surface area contributed by atoms with E-state index < -0.39 is 0 Å². The monoisotopic (exact) mass is 311 g/mol. The van der Waals surface area contributed by atoms with Gasteiger partial charge in [-0.25, -0.2) is 4.79 Å². The SMILES string of the molecule is CCOC(=O)COc1ccc(C2NCCc3ccccc32)cc1. The standard InChI is InChI=1S/C19H21NO3/c1-2-22-18(21)13-23-16-9-7-15(8-10-16)19-17-6-4-3-5-14(17)11-12-20-19/h3-10,19-20H,2,11-13H2,1H3. The fourth-order valence-corrected chi connectivity index (χ4v) is 2.90. The van der Waals surface area contributed by atoms with E-state index in [2.05, 4.69) is 29.6 Å². The van der Waals surface area contributed by atoms with E-state index in [1.165, 1.54) is 16.7 Å². The van der Waals surface area contributed by atoms with Crippen LogP contribution in [0, 0.1) is 0 Å². The van der Waals surface area contributed by atoms with Crippen molar-refractivity contribution < 1.29 is 14.3 Å². The van der Waals surface area contributed by atoms with Crippen molar-refractivity contribution in [2.24, 2.45) is 0 Å². The number of benzene rings is 2. The van der Waals surface area contributed by atoms with Crippen LogP contribution < -0.4 is 10.1 Å². The minimum atomic E-state index is -0.348. The minimum absolute atomic E-state index is 0.0578. The molecular formula is C19H21NO3. The predicted octanol–water partition coefficient (Wildman–Crippen LogP) is 2.86. The van der Waals surface area contributed by atoms with Gasteiger partial charge in [0.1, 0.15) is 5.75 Å². The largest absolute Gasteiger partial charge is 0.482 e. The van der Waals surface area contributed by atoms with Crippen molar-refractivity contribution >= 4 is 5.97 Å². The maximum absolute atomic E-state index is 11.3. The molecule has 0 radical (unpaired) electrons. The van der Waals surface area contributed by atoms with Gasteiger partial charge in [-0.3, -0.25) is 0 Å². The van der Waals surface area contributed by atoms with Crippen molar-refractivity contribution in [1.82, 2.24) is 5.32 Å². The first-order valence-electron chi connectivity index (χ1n) is 7.97. The van der Waals surface area contributed by atoms with Gasteiger partial charge in [-0.2, -0.15) is 0 Å². The molecule has 0 fully saturated rings. The molecule has 0 bridgehead atoms. The Labute approximate surface area is 136 Å². The van der Waals surface area contributed by atoms with Crippen LogP contribution in [-0.2, 0) is 16.0 Å². The van der Waals surface area contributed by atoms with Crippen LogP contribution >= 0.6 is 0 Å². The normalized spacial score (nSPS) is 16.5. The molecule has 0 saturated heterocycles. The van der Waals surface area contributed by atoms with Crippen LogP contribution in [0.25, 0.3) is 0 Å². The first-order valence-corrected chi connectivity index (χ1v) is 7.97. The highest BCUT2D eigenvalue weighted by Crippen LogP contribution is 2.29. The van der Waals surface area contributed by atoms with Crippen molar-refractivity contribution in [3.63, 3.8) is 0 Å². The summed E-state index contributed by atoms with van der Waals surface area (Å²) in [5.41, 5.74) is 3.93. The van der Waals surface area contributed by atoms with Gasteiger partial charge in [-0.05, 0) is 42.2 Å². The Morgan fingerprint density at radius 2 is 1.96 bits per heavy atom. The van der Waals surface area contributed by atoms with E-state index in [9.17, 15) is 4.79 Å². The lowest BCUT2D eigenvalue weighted by Crippen LogP contribution is -2.30. The lowest BCUT2D eigenvalue weighted by Gasteiger charge is -2.27. The molecule has 0 spiro atoms. The first kappa shape index (κ1) is 15.6. The molecule has 2 aromatic carbocycles. The molecule has 3 rings (SSSR count). The summed E-state index contributed by atoms with van der Waals surface area (Å²) in [7, 11) is 0. The molecule has 4 nitrogen and oxygen atoms in total. The zero-order valence-electron chi connectivity index (χ0n) is 13.2. The number of hydrogen-bond donors (Lipinski definition) is 1. The average Bonchev–Trinajstić information content (AvgIpc) is 2.60. The van der Waals surface area contributed by atoms with E-state index in [4.69, 9.17) is 9.47 Å². The van der Waals surface area contributed by atoms with E-state index in [0.717, 1.165) is 13.0 Å². The molecule has 0 aromatic heterocycles. The summed E-state index contributed by atoms with van der Waals surface area (Å²) in [6.07, 6.45) is 1.06. The van der Waals surface area contributed by atoms with Gasteiger partial charge in [0.25, 0.3) is 0 Å². The molecule has 0 amide bonds. The number of hydrogen-bond acceptors (Lipinski definition) is 4. The van der Waals surface area contributed by atoms with E-state index in [-0.39, 0.29) is 18.6 Å². The molecule has 0 saturated carbocycles. The van der Waals surface area contributed by atoms with Crippen molar-refractivity contribution in [2.45, 2.75) is 19.4 Å². The summed E-state index contributed by atoms with van der Waals surface area (Å²) < 4.78 is 10.3. The number of nitrogens with one attached hydrogen (secondary N) is 1. The third-order valence-corrected chi connectivity index (χ3v) is 3.98. The van der Waals surface area contributed by atoms with E-state index in [1.807, 2.05) is 24.3 Å². The van der Waals surface area contributed by atoms with Crippen LogP contribution in [0.4, 0.5) is 0 Å². The molecule has 1 aliphatic rings. The van der Waals surface area contributed by atoms with Crippen molar-refractivity contribution in [3.05, 3.63) is 65.2 Å². The van der Waals surface area contributed by atoms with Gasteiger partial charge in [0.2, 0.25) is 0 Å². The zero-order chi connectivity index (χ0) is 16.1. The van der Waals surface area contributed by atoms with Gasteiger partial charge >= 0.3 is 5.97 Å². The van der Waals surface area contributed by atoms with E-state index >= 15 is 0 Å². The highest BCUT2D eigenvalue weighted by Gasteiger charge is 2.20. The lowest BCUT2D eigenvalue weighted by molar-refractivity contribution is -0.145. The summed E-state index contributed by atoms with van der Waals surface area (Å²) in [6.45, 7) is 3.07. The summed E-state index contributed by atoms with van der Waals surface area (Å²) in [5, 5.41) is 3.56. The van der Waals surface area contributed by atoms with Crippen molar-refractivity contribution in [1.29, 1.82) is 0 Å². The summed E-state index contributed by atoms with van der Waals surface area (Å²) in [5.74, 6) is 0.324. The number of ether oxygens (including phenoxy) is 2. The van der Waals surface area contributed by atoms with Crippen molar-refractivity contribution in [3.8, 4) is 5.75 Å². The molecule has 23 heavy (non-hydrogen) atoms. The molecule has 0 aliphatic carbocycles. The van der Waals surface area contributed by atoms with E-state index in [0.29, 0.717) is 12.4 Å². The first-order chi connectivity index (χ1) is 11.3. The predicted molar refractivity (Wildman–Crippen MR) is 88.6 cm³/mol. The van der Waals surface area contributed by atoms with Crippen LogP contribution in [0.2, 0.25) is 0 Å². The molecule has 1 aliphatic heterocycles. The molecule has 1 heterocycles. The Morgan fingerprint density at radius 3 is 2.74 bits per heavy atom. The number of esters is 1. The number of fused-ring (bicyclic) bond motifs is 1. The summed E-state index contributed by atoms with van der Waals surface area (Å²) >= 11 is 0. The minimum Gasteiger partial charge on any atom is -0.482 e. The molecule has 2 aromatic rings. The second-order valence-electron chi connectivity index (χ2n) is 5.50.